The molecule has 0 rings (SSSR count). The third-order valence-corrected chi connectivity index (χ3v) is 0.428. The monoisotopic (exact) mass is 118 g/mol. The third-order valence-electron chi connectivity index (χ3n) is 0.143. The summed E-state index contributed by atoms with van der Waals surface area (Å²) < 4.78 is 20.6. The second-order valence-corrected chi connectivity index (χ2v) is 1.15. The molecule has 0 saturated heterocycles. The van der Waals surface area contributed by atoms with E-state index in [0.717, 1.165) is 8.05 Å². The van der Waals surface area contributed by atoms with Crippen LogP contribution in [0.5, 0.6) is 0 Å². The molecular formula is H4BNaO3S. The molecule has 0 saturated carbocycles. The van der Waals surface area contributed by atoms with E-state index in [2.05, 4.69) is 4.10 Å². The van der Waals surface area contributed by atoms with Gasteiger partial charge in [-0.2, -0.15) is 4.21 Å². The van der Waals surface area contributed by atoms with Gasteiger partial charge in [0.15, 0.2) is 0 Å². The molecule has 1 atom stereocenters. The minimum atomic E-state index is -2.07. The van der Waals surface area contributed by atoms with Gasteiger partial charge in [0.05, 0.1) is 0 Å². The Morgan fingerprint density at radius 3 is 2.00 bits per heavy atom. The Morgan fingerprint density at radius 2 is 2.00 bits per heavy atom. The van der Waals surface area contributed by atoms with Crippen molar-refractivity contribution in [3.63, 3.8) is 0 Å². The van der Waals surface area contributed by atoms with E-state index in [1.54, 1.807) is 0 Å². The fourth-order valence-corrected chi connectivity index (χ4v) is 0. The molecule has 0 aromatic heterocycles. The van der Waals surface area contributed by atoms with Gasteiger partial charge in [0.1, 0.15) is 0 Å². The van der Waals surface area contributed by atoms with Crippen molar-refractivity contribution >= 4 is 49.0 Å². The SMILES string of the molecule is BOS(=O)O.[NaH]. The summed E-state index contributed by atoms with van der Waals surface area (Å²) in [5, 5.41) is 0. The van der Waals surface area contributed by atoms with Crippen molar-refractivity contribution in [2.75, 3.05) is 0 Å². The second kappa shape index (κ2) is 6.13. The molecule has 0 aromatic rings. The third kappa shape index (κ3) is 8.93. The fraction of sp³-hybridized carbons (Fsp3) is 0. The molecule has 0 aliphatic carbocycles. The summed E-state index contributed by atoms with van der Waals surface area (Å²) in [7, 11) is 1.15. The Labute approximate surface area is 61.7 Å². The Bertz CT molecular complexity index is 46.1. The quantitative estimate of drug-likeness (QED) is 0.321. The summed E-state index contributed by atoms with van der Waals surface area (Å²) in [6, 6.07) is 0. The van der Waals surface area contributed by atoms with Gasteiger partial charge in [-0.3, -0.25) is 4.55 Å². The van der Waals surface area contributed by atoms with Crippen LogP contribution in [-0.4, -0.2) is 46.4 Å². The van der Waals surface area contributed by atoms with Crippen molar-refractivity contribution in [1.82, 2.24) is 0 Å². The Balaban J connectivity index is 0. The molecule has 0 spiro atoms. The molecule has 1 unspecified atom stereocenters. The van der Waals surface area contributed by atoms with Crippen molar-refractivity contribution in [2.24, 2.45) is 0 Å². The first-order valence-corrected chi connectivity index (χ1v) is 1.96. The molecule has 0 heterocycles. The van der Waals surface area contributed by atoms with Crippen LogP contribution < -0.4 is 0 Å². The summed E-state index contributed by atoms with van der Waals surface area (Å²) in [6.45, 7) is 0. The summed E-state index contributed by atoms with van der Waals surface area (Å²) in [4.78, 5) is 0. The van der Waals surface area contributed by atoms with Crippen molar-refractivity contribution in [2.45, 2.75) is 0 Å². The fourth-order valence-electron chi connectivity index (χ4n) is 0. The maximum atomic E-state index is 9.26. The first-order chi connectivity index (χ1) is 2.27. The van der Waals surface area contributed by atoms with Gasteiger partial charge >= 0.3 is 29.6 Å². The minimum absolute atomic E-state index is 0. The summed E-state index contributed by atoms with van der Waals surface area (Å²) >= 11 is -2.07. The van der Waals surface area contributed by atoms with Crippen molar-refractivity contribution in [3.05, 3.63) is 0 Å². The number of hydrogen-bond donors (Lipinski definition) is 1. The molecular weight excluding hydrogens is 114 g/mol. The first-order valence-electron chi connectivity index (χ1n) is 0.924. The van der Waals surface area contributed by atoms with E-state index < -0.39 is 11.4 Å². The van der Waals surface area contributed by atoms with Gasteiger partial charge in [-0.25, -0.2) is 0 Å². The van der Waals surface area contributed by atoms with Gasteiger partial charge in [-0.1, -0.05) is 0 Å². The van der Waals surface area contributed by atoms with Crippen LogP contribution in [0.2, 0.25) is 0 Å². The molecule has 3 nitrogen and oxygen atoms in total. The standard InChI is InChI=1S/BH3O3S.Na.H/c1-4-5(2)3;;/h1H2,(H,2,3);;. The van der Waals surface area contributed by atoms with Gasteiger partial charge in [0.25, 0.3) is 19.4 Å². The van der Waals surface area contributed by atoms with Crippen LogP contribution >= 0.6 is 0 Å². The average molecular weight is 118 g/mol. The van der Waals surface area contributed by atoms with E-state index in [9.17, 15) is 4.21 Å². The average Bonchev–Trinajstić information content (AvgIpc) is 1.38. The Kier molecular flexibility index (Phi) is 10.4. The molecule has 0 aliphatic rings. The molecule has 0 fully saturated rings. The van der Waals surface area contributed by atoms with E-state index in [4.69, 9.17) is 4.55 Å². The van der Waals surface area contributed by atoms with Crippen LogP contribution in [0.15, 0.2) is 0 Å². The van der Waals surface area contributed by atoms with Gasteiger partial charge < -0.3 is 4.10 Å². The predicted octanol–water partition coefficient (Wildman–Crippen LogP) is -1.96. The summed E-state index contributed by atoms with van der Waals surface area (Å²) in [5.74, 6) is 0. The Morgan fingerprint density at radius 1 is 1.83 bits per heavy atom. The molecule has 0 aromatic carbocycles. The van der Waals surface area contributed by atoms with E-state index in [1.165, 1.54) is 0 Å². The number of hydrogen-bond acceptors (Lipinski definition) is 2. The van der Waals surface area contributed by atoms with Crippen molar-refractivity contribution < 1.29 is 12.9 Å². The van der Waals surface area contributed by atoms with Gasteiger partial charge in [0.2, 0.25) is 0 Å². The molecule has 0 bridgehead atoms. The van der Waals surface area contributed by atoms with E-state index in [1.807, 2.05) is 0 Å². The van der Waals surface area contributed by atoms with Crippen LogP contribution in [0.3, 0.4) is 0 Å². The first kappa shape index (κ1) is 10.2. The molecule has 32 valence electrons. The molecule has 0 radical (unpaired) electrons. The molecule has 0 amide bonds. The summed E-state index contributed by atoms with van der Waals surface area (Å²) in [5.41, 5.74) is 0. The normalized spacial score (nSPS) is 12.2. The van der Waals surface area contributed by atoms with E-state index >= 15 is 0 Å². The van der Waals surface area contributed by atoms with Gasteiger partial charge in [0, 0.05) is 0 Å². The topological polar surface area (TPSA) is 46.5 Å². The molecule has 6 heavy (non-hydrogen) atoms. The van der Waals surface area contributed by atoms with E-state index in [0.29, 0.717) is 0 Å². The molecule has 6 heteroatoms. The number of rotatable bonds is 1. The van der Waals surface area contributed by atoms with Crippen LogP contribution in [-0.2, 0) is 15.5 Å². The van der Waals surface area contributed by atoms with Crippen LogP contribution in [0.4, 0.5) is 0 Å². The van der Waals surface area contributed by atoms with Crippen LogP contribution in [0.25, 0.3) is 0 Å². The zero-order valence-electron chi connectivity index (χ0n) is 2.67. The van der Waals surface area contributed by atoms with Crippen LogP contribution in [0.1, 0.15) is 0 Å². The maximum absolute atomic E-state index is 9.26. The van der Waals surface area contributed by atoms with E-state index in [-0.39, 0.29) is 29.6 Å². The van der Waals surface area contributed by atoms with Crippen LogP contribution in [0, 0.1) is 0 Å². The molecule has 1 N–H and O–H groups in total. The zero-order valence-corrected chi connectivity index (χ0v) is 3.49. The van der Waals surface area contributed by atoms with Crippen molar-refractivity contribution in [1.29, 1.82) is 0 Å². The van der Waals surface area contributed by atoms with Gasteiger partial charge in [-0.05, 0) is 0 Å². The predicted molar refractivity (Wildman–Crippen MR) is 27.5 cm³/mol. The Hall–Kier alpha value is 1.13. The van der Waals surface area contributed by atoms with Gasteiger partial charge in [-0.15, -0.1) is 0 Å². The molecule has 0 aliphatic heterocycles. The second-order valence-electron chi connectivity index (χ2n) is 0.384. The summed E-state index contributed by atoms with van der Waals surface area (Å²) in [6.07, 6.45) is 0. The van der Waals surface area contributed by atoms with Crippen molar-refractivity contribution in [3.8, 4) is 0 Å². The zero-order chi connectivity index (χ0) is 4.28.